The molecule has 6 heteroatoms. The Hall–Kier alpha value is 0.870. The third-order valence-corrected chi connectivity index (χ3v) is 7.64. The SMILES string of the molecule is CCC(CBr)(CBr)CC1CCCN(S(C)(=O)=O)C1. The molecule has 0 aromatic heterocycles. The monoisotopic (exact) mass is 403 g/mol. The Kier molecular flexibility index (Phi) is 6.62. The van der Waals surface area contributed by atoms with Gasteiger partial charge in [0.15, 0.2) is 0 Å². The van der Waals surface area contributed by atoms with Crippen molar-refractivity contribution in [2.75, 3.05) is 30.0 Å². The van der Waals surface area contributed by atoms with Gasteiger partial charge in [-0.1, -0.05) is 38.8 Å². The van der Waals surface area contributed by atoms with Gasteiger partial charge in [0.05, 0.1) is 6.26 Å². The zero-order chi connectivity index (χ0) is 13.8. The van der Waals surface area contributed by atoms with E-state index in [1.165, 1.54) is 6.26 Å². The Morgan fingerprint density at radius 1 is 1.33 bits per heavy atom. The first-order valence-corrected chi connectivity index (χ1v) is 10.5. The molecule has 18 heavy (non-hydrogen) atoms. The Bertz CT molecular complexity index is 347. The molecule has 0 spiro atoms. The van der Waals surface area contributed by atoms with Gasteiger partial charge in [-0.15, -0.1) is 0 Å². The van der Waals surface area contributed by atoms with Crippen molar-refractivity contribution >= 4 is 41.9 Å². The number of alkyl halides is 2. The quantitative estimate of drug-likeness (QED) is 0.637. The summed E-state index contributed by atoms with van der Waals surface area (Å²) in [6, 6.07) is 0. The molecule has 0 aromatic rings. The molecule has 1 heterocycles. The van der Waals surface area contributed by atoms with Gasteiger partial charge in [-0.05, 0) is 37.0 Å². The average molecular weight is 405 g/mol. The number of piperidine rings is 1. The summed E-state index contributed by atoms with van der Waals surface area (Å²) in [5.41, 5.74) is 0.255. The third-order valence-electron chi connectivity index (χ3n) is 3.99. The first kappa shape index (κ1) is 16.9. The summed E-state index contributed by atoms with van der Waals surface area (Å²) in [6.45, 7) is 3.59. The van der Waals surface area contributed by atoms with Crippen molar-refractivity contribution in [2.24, 2.45) is 11.3 Å². The van der Waals surface area contributed by atoms with Crippen LogP contribution in [0.3, 0.4) is 0 Å². The largest absolute Gasteiger partial charge is 0.213 e. The van der Waals surface area contributed by atoms with Gasteiger partial charge in [0, 0.05) is 23.7 Å². The van der Waals surface area contributed by atoms with Crippen LogP contribution in [-0.4, -0.2) is 42.7 Å². The minimum Gasteiger partial charge on any atom is -0.213 e. The van der Waals surface area contributed by atoms with E-state index < -0.39 is 10.0 Å². The minimum absolute atomic E-state index is 0.255. The van der Waals surface area contributed by atoms with Crippen LogP contribution in [0.4, 0.5) is 0 Å². The molecule has 1 atom stereocenters. The van der Waals surface area contributed by atoms with Crippen LogP contribution in [-0.2, 0) is 10.0 Å². The molecule has 1 rings (SSSR count). The predicted octanol–water partition coefficient (Wildman–Crippen LogP) is 3.23. The Morgan fingerprint density at radius 3 is 2.39 bits per heavy atom. The fraction of sp³-hybridized carbons (Fsp3) is 1.00. The van der Waals surface area contributed by atoms with E-state index in [4.69, 9.17) is 0 Å². The van der Waals surface area contributed by atoms with E-state index in [0.29, 0.717) is 19.0 Å². The first-order chi connectivity index (χ1) is 8.37. The summed E-state index contributed by atoms with van der Waals surface area (Å²) >= 11 is 7.23. The lowest BCUT2D eigenvalue weighted by molar-refractivity contribution is 0.194. The van der Waals surface area contributed by atoms with Gasteiger partial charge < -0.3 is 0 Å². The lowest BCUT2D eigenvalue weighted by Crippen LogP contribution is -2.41. The van der Waals surface area contributed by atoms with Crippen LogP contribution in [0.1, 0.15) is 32.6 Å². The van der Waals surface area contributed by atoms with Crippen molar-refractivity contribution in [3.8, 4) is 0 Å². The van der Waals surface area contributed by atoms with Crippen molar-refractivity contribution in [3.05, 3.63) is 0 Å². The molecule has 1 fully saturated rings. The van der Waals surface area contributed by atoms with Gasteiger partial charge in [-0.25, -0.2) is 12.7 Å². The fourth-order valence-corrected chi connectivity index (χ4v) is 5.71. The molecule has 3 nitrogen and oxygen atoms in total. The zero-order valence-corrected chi connectivity index (χ0v) is 15.2. The highest BCUT2D eigenvalue weighted by Crippen LogP contribution is 2.37. The smallest absolute Gasteiger partial charge is 0.211 e. The molecule has 0 saturated carbocycles. The number of sulfonamides is 1. The van der Waals surface area contributed by atoms with Crippen molar-refractivity contribution in [1.29, 1.82) is 0 Å². The molecule has 108 valence electrons. The van der Waals surface area contributed by atoms with Crippen molar-refractivity contribution in [1.82, 2.24) is 4.31 Å². The highest BCUT2D eigenvalue weighted by molar-refractivity contribution is 9.09. The van der Waals surface area contributed by atoms with E-state index in [1.807, 2.05) is 0 Å². The molecule has 1 saturated heterocycles. The molecule has 0 bridgehead atoms. The summed E-state index contributed by atoms with van der Waals surface area (Å²) in [6.07, 6.45) is 5.65. The minimum atomic E-state index is -3.02. The highest BCUT2D eigenvalue weighted by Gasteiger charge is 2.33. The maximum atomic E-state index is 11.6. The predicted molar refractivity (Wildman–Crippen MR) is 84.1 cm³/mol. The Morgan fingerprint density at radius 2 is 1.94 bits per heavy atom. The molecule has 1 unspecified atom stereocenters. The second-order valence-corrected chi connectivity index (χ2v) is 8.56. The second-order valence-electron chi connectivity index (χ2n) is 5.45. The van der Waals surface area contributed by atoms with Gasteiger partial charge in [-0.2, -0.15) is 0 Å². The van der Waals surface area contributed by atoms with Crippen LogP contribution in [0.25, 0.3) is 0 Å². The number of rotatable bonds is 6. The van der Waals surface area contributed by atoms with E-state index in [1.54, 1.807) is 4.31 Å². The van der Waals surface area contributed by atoms with Crippen LogP contribution in [0.15, 0.2) is 0 Å². The summed E-state index contributed by atoms with van der Waals surface area (Å²) in [5, 5.41) is 1.94. The van der Waals surface area contributed by atoms with Gasteiger partial charge in [0.25, 0.3) is 0 Å². The second kappa shape index (κ2) is 7.04. The number of hydrogen-bond acceptors (Lipinski definition) is 2. The molecular weight excluding hydrogens is 382 g/mol. The zero-order valence-electron chi connectivity index (χ0n) is 11.2. The molecule has 1 aliphatic heterocycles. The van der Waals surface area contributed by atoms with E-state index in [2.05, 4.69) is 38.8 Å². The third kappa shape index (κ3) is 4.46. The van der Waals surface area contributed by atoms with E-state index >= 15 is 0 Å². The normalized spacial score (nSPS) is 23.2. The number of hydrogen-bond donors (Lipinski definition) is 0. The van der Waals surface area contributed by atoms with E-state index in [0.717, 1.165) is 36.3 Å². The van der Waals surface area contributed by atoms with Gasteiger partial charge in [0.1, 0.15) is 0 Å². The van der Waals surface area contributed by atoms with Crippen LogP contribution in [0, 0.1) is 11.3 Å². The maximum Gasteiger partial charge on any atom is 0.211 e. The standard InChI is InChI=1S/C12H23Br2NO2S/c1-3-12(9-13,10-14)7-11-5-4-6-15(8-11)18(2,16)17/h11H,3-10H2,1-2H3. The van der Waals surface area contributed by atoms with Crippen molar-refractivity contribution in [3.63, 3.8) is 0 Å². The molecule has 1 aliphatic rings. The molecule has 0 aromatic carbocycles. The Balaban J connectivity index is 2.67. The molecular formula is C12H23Br2NO2S. The average Bonchev–Trinajstić information content (AvgIpc) is 2.35. The van der Waals surface area contributed by atoms with E-state index in [9.17, 15) is 8.42 Å². The Labute approximate surface area is 128 Å². The first-order valence-electron chi connectivity index (χ1n) is 6.44. The fourth-order valence-electron chi connectivity index (χ4n) is 2.59. The van der Waals surface area contributed by atoms with E-state index in [-0.39, 0.29) is 5.41 Å². The summed E-state index contributed by atoms with van der Waals surface area (Å²) in [7, 11) is -3.02. The van der Waals surface area contributed by atoms with Crippen molar-refractivity contribution < 1.29 is 8.42 Å². The number of halogens is 2. The summed E-state index contributed by atoms with van der Waals surface area (Å²) in [5.74, 6) is 0.489. The molecule has 0 N–H and O–H groups in total. The molecule has 0 radical (unpaired) electrons. The molecule has 0 aliphatic carbocycles. The van der Waals surface area contributed by atoms with Gasteiger partial charge in [0.2, 0.25) is 10.0 Å². The highest BCUT2D eigenvalue weighted by atomic mass is 79.9. The van der Waals surface area contributed by atoms with Crippen LogP contribution >= 0.6 is 31.9 Å². The lowest BCUT2D eigenvalue weighted by atomic mass is 9.78. The molecule has 0 amide bonds. The van der Waals surface area contributed by atoms with Crippen LogP contribution < -0.4 is 0 Å². The van der Waals surface area contributed by atoms with Crippen molar-refractivity contribution in [2.45, 2.75) is 32.6 Å². The summed E-state index contributed by atoms with van der Waals surface area (Å²) in [4.78, 5) is 0. The topological polar surface area (TPSA) is 37.4 Å². The lowest BCUT2D eigenvalue weighted by Gasteiger charge is -2.37. The van der Waals surface area contributed by atoms with Gasteiger partial charge in [-0.3, -0.25) is 0 Å². The maximum absolute atomic E-state index is 11.6. The number of nitrogens with zero attached hydrogens (tertiary/aromatic N) is 1. The van der Waals surface area contributed by atoms with Crippen LogP contribution in [0.5, 0.6) is 0 Å². The van der Waals surface area contributed by atoms with Crippen LogP contribution in [0.2, 0.25) is 0 Å². The van der Waals surface area contributed by atoms with Gasteiger partial charge >= 0.3 is 0 Å². The summed E-state index contributed by atoms with van der Waals surface area (Å²) < 4.78 is 24.9.